The van der Waals surface area contributed by atoms with E-state index in [0.29, 0.717) is 16.6 Å². The molecule has 0 bridgehead atoms. The van der Waals surface area contributed by atoms with Gasteiger partial charge in [0.15, 0.2) is 5.69 Å². The molecule has 4 N–H and O–H groups in total. The molecular weight excluding hydrogens is 288 g/mol. The first-order chi connectivity index (χ1) is 7.93. The monoisotopic (exact) mass is 296 g/mol. The number of hydrogen-bond donors (Lipinski definition) is 3. The second-order valence-corrected chi connectivity index (χ2v) is 4.42. The number of aromatic carboxylic acids is 1. The number of nitrogens with two attached hydrogens (primary N) is 1. The predicted molar refractivity (Wildman–Crippen MR) is 67.2 cm³/mol. The number of nitrogens with zero attached hydrogens (tertiary/aromatic N) is 1. The molecule has 17 heavy (non-hydrogen) atoms. The Morgan fingerprint density at radius 1 is 1.47 bits per heavy atom. The van der Waals surface area contributed by atoms with Gasteiger partial charge in [-0.1, -0.05) is 6.07 Å². The molecule has 0 unspecified atom stereocenters. The molecule has 1 heterocycles. The third-order valence-corrected chi connectivity index (χ3v) is 3.25. The maximum absolute atomic E-state index is 11.0. The molecule has 1 aromatic carbocycles. The molecule has 0 aliphatic carbocycles. The molecule has 1 aromatic heterocycles. The minimum Gasteiger partial charge on any atom is -0.506 e. The number of pyridine rings is 1. The third kappa shape index (κ3) is 1.70. The van der Waals surface area contributed by atoms with Gasteiger partial charge in [-0.25, -0.2) is 9.78 Å². The van der Waals surface area contributed by atoms with Crippen molar-refractivity contribution >= 4 is 38.5 Å². The molecule has 5 nitrogen and oxygen atoms in total. The Balaban J connectivity index is 3.01. The summed E-state index contributed by atoms with van der Waals surface area (Å²) in [5.74, 6) is -1.38. The third-order valence-electron chi connectivity index (χ3n) is 2.50. The predicted octanol–water partition coefficient (Wildman–Crippen LogP) is 2.29. The van der Waals surface area contributed by atoms with Crippen LogP contribution in [0.15, 0.2) is 16.6 Å². The van der Waals surface area contributed by atoms with Crippen LogP contribution in [0.5, 0.6) is 5.75 Å². The summed E-state index contributed by atoms with van der Waals surface area (Å²) < 4.78 is 0.0613. The van der Waals surface area contributed by atoms with Crippen molar-refractivity contribution in [2.24, 2.45) is 0 Å². The Kier molecular flexibility index (Phi) is 2.66. The molecule has 0 aliphatic heterocycles. The van der Waals surface area contributed by atoms with Crippen molar-refractivity contribution in [3.05, 3.63) is 27.9 Å². The zero-order valence-electron chi connectivity index (χ0n) is 8.86. The van der Waals surface area contributed by atoms with Gasteiger partial charge in [-0.3, -0.25) is 0 Å². The van der Waals surface area contributed by atoms with E-state index in [0.717, 1.165) is 5.56 Å². The maximum atomic E-state index is 11.0. The summed E-state index contributed by atoms with van der Waals surface area (Å²) in [7, 11) is 0. The number of benzene rings is 1. The van der Waals surface area contributed by atoms with Crippen LogP contribution >= 0.6 is 15.9 Å². The molecule has 0 amide bonds. The van der Waals surface area contributed by atoms with Gasteiger partial charge >= 0.3 is 5.97 Å². The highest BCUT2D eigenvalue weighted by Crippen LogP contribution is 2.37. The largest absolute Gasteiger partial charge is 0.506 e. The van der Waals surface area contributed by atoms with E-state index in [9.17, 15) is 9.90 Å². The highest BCUT2D eigenvalue weighted by Gasteiger charge is 2.19. The molecule has 0 fully saturated rings. The van der Waals surface area contributed by atoms with Gasteiger partial charge in [-0.2, -0.15) is 0 Å². The number of carbonyl (C=O) groups is 1. The maximum Gasteiger partial charge on any atom is 0.355 e. The van der Waals surface area contributed by atoms with E-state index in [1.54, 1.807) is 19.1 Å². The van der Waals surface area contributed by atoms with Crippen molar-refractivity contribution in [1.29, 1.82) is 0 Å². The summed E-state index contributed by atoms with van der Waals surface area (Å²) in [5.41, 5.74) is 6.87. The van der Waals surface area contributed by atoms with Crippen molar-refractivity contribution in [3.8, 4) is 5.75 Å². The first-order valence-corrected chi connectivity index (χ1v) is 5.53. The molecule has 6 heteroatoms. The zero-order valence-corrected chi connectivity index (χ0v) is 10.4. The minimum absolute atomic E-state index is 0.0613. The fourth-order valence-electron chi connectivity index (χ4n) is 1.65. The normalized spacial score (nSPS) is 10.7. The number of carboxylic acid groups (broad SMARTS) is 1. The van der Waals surface area contributed by atoms with E-state index in [2.05, 4.69) is 20.9 Å². The lowest BCUT2D eigenvalue weighted by atomic mass is 10.1. The molecular formula is C11H9BrN2O3. The van der Waals surface area contributed by atoms with E-state index in [-0.39, 0.29) is 15.9 Å². The van der Waals surface area contributed by atoms with E-state index < -0.39 is 5.97 Å². The van der Waals surface area contributed by atoms with Crippen molar-refractivity contribution in [2.45, 2.75) is 6.92 Å². The number of aromatic nitrogens is 1. The van der Waals surface area contributed by atoms with Gasteiger partial charge in [0.25, 0.3) is 0 Å². The topological polar surface area (TPSA) is 96.4 Å². The number of anilines is 1. The van der Waals surface area contributed by atoms with Crippen LogP contribution in [0.1, 0.15) is 16.1 Å². The molecule has 0 radical (unpaired) electrons. The zero-order chi connectivity index (χ0) is 12.7. The molecule has 0 saturated heterocycles. The van der Waals surface area contributed by atoms with Crippen molar-refractivity contribution in [3.63, 3.8) is 0 Å². The average molecular weight is 297 g/mol. The Bertz CT molecular complexity index is 640. The molecule has 0 aliphatic rings. The highest BCUT2D eigenvalue weighted by atomic mass is 79.9. The number of hydrogen-bond acceptors (Lipinski definition) is 4. The van der Waals surface area contributed by atoms with E-state index in [1.807, 2.05) is 0 Å². The van der Waals surface area contributed by atoms with Crippen LogP contribution in [0.4, 0.5) is 5.69 Å². The van der Waals surface area contributed by atoms with Gasteiger partial charge in [0.2, 0.25) is 0 Å². The van der Waals surface area contributed by atoms with Crippen LogP contribution in [0.25, 0.3) is 10.9 Å². The summed E-state index contributed by atoms with van der Waals surface area (Å²) in [5, 5.41) is 19.4. The van der Waals surface area contributed by atoms with Crippen LogP contribution in [-0.4, -0.2) is 21.2 Å². The lowest BCUT2D eigenvalue weighted by Gasteiger charge is -2.10. The van der Waals surface area contributed by atoms with Crippen LogP contribution in [0.3, 0.4) is 0 Å². The quantitative estimate of drug-likeness (QED) is 0.702. The van der Waals surface area contributed by atoms with Crippen LogP contribution in [0.2, 0.25) is 0 Å². The SMILES string of the molecule is Cc1ccc(N)c2nc(C(=O)O)c(Br)c(O)c12. The summed E-state index contributed by atoms with van der Waals surface area (Å²) >= 11 is 3.03. The van der Waals surface area contributed by atoms with Crippen LogP contribution < -0.4 is 5.73 Å². The van der Waals surface area contributed by atoms with Crippen molar-refractivity contribution < 1.29 is 15.0 Å². The summed E-state index contributed by atoms with van der Waals surface area (Å²) in [4.78, 5) is 14.9. The number of nitrogen functional groups attached to an aromatic ring is 1. The van der Waals surface area contributed by atoms with Gasteiger partial charge in [0, 0.05) is 5.39 Å². The first-order valence-electron chi connectivity index (χ1n) is 4.74. The fraction of sp³-hybridized carbons (Fsp3) is 0.0909. The van der Waals surface area contributed by atoms with Crippen molar-refractivity contribution in [1.82, 2.24) is 4.98 Å². The molecule has 2 aromatic rings. The van der Waals surface area contributed by atoms with E-state index >= 15 is 0 Å². The molecule has 88 valence electrons. The Labute approximate surface area is 105 Å². The highest BCUT2D eigenvalue weighted by molar-refractivity contribution is 9.10. The van der Waals surface area contributed by atoms with Crippen molar-refractivity contribution in [2.75, 3.05) is 5.73 Å². The second-order valence-electron chi connectivity index (χ2n) is 3.62. The fourth-order valence-corrected chi connectivity index (χ4v) is 2.11. The van der Waals surface area contributed by atoms with Crippen LogP contribution in [0, 0.1) is 6.92 Å². The Morgan fingerprint density at radius 2 is 2.12 bits per heavy atom. The van der Waals surface area contributed by atoms with Gasteiger partial charge in [-0.15, -0.1) is 0 Å². The van der Waals surface area contributed by atoms with Gasteiger partial charge < -0.3 is 15.9 Å². The molecule has 0 atom stereocenters. The Morgan fingerprint density at radius 3 is 2.71 bits per heavy atom. The number of aromatic hydroxyl groups is 1. The first kappa shape index (κ1) is 11.7. The van der Waals surface area contributed by atoms with Gasteiger partial charge in [-0.05, 0) is 34.5 Å². The number of fused-ring (bicyclic) bond motifs is 1. The molecule has 2 rings (SSSR count). The van der Waals surface area contributed by atoms with Crippen LogP contribution in [-0.2, 0) is 0 Å². The standard InChI is InChI=1S/C11H9BrN2O3/c1-4-2-3-5(13)8-6(4)10(15)7(12)9(14-8)11(16)17/h2-3H,13H2,1H3,(H,14,15)(H,16,17). The number of aryl methyl sites for hydroxylation is 1. The van der Waals surface area contributed by atoms with E-state index in [1.165, 1.54) is 0 Å². The van der Waals surface area contributed by atoms with Gasteiger partial charge in [0.1, 0.15) is 5.75 Å². The summed E-state index contributed by atoms with van der Waals surface area (Å²) in [6, 6.07) is 3.37. The summed E-state index contributed by atoms with van der Waals surface area (Å²) in [6.45, 7) is 1.79. The second kappa shape index (κ2) is 3.89. The van der Waals surface area contributed by atoms with Gasteiger partial charge in [0.05, 0.1) is 15.7 Å². The lowest BCUT2D eigenvalue weighted by molar-refractivity contribution is 0.0689. The van der Waals surface area contributed by atoms with E-state index in [4.69, 9.17) is 10.8 Å². The lowest BCUT2D eigenvalue weighted by Crippen LogP contribution is -2.04. The summed E-state index contributed by atoms with van der Waals surface area (Å²) in [6.07, 6.45) is 0. The molecule has 0 spiro atoms. The number of rotatable bonds is 1. The average Bonchev–Trinajstić information content (AvgIpc) is 2.27. The smallest absolute Gasteiger partial charge is 0.355 e. The molecule has 0 saturated carbocycles. The Hall–Kier alpha value is -1.82. The number of halogens is 1. The number of carboxylic acids is 1. The minimum atomic E-state index is -1.23.